The van der Waals surface area contributed by atoms with E-state index in [4.69, 9.17) is 4.52 Å². The van der Waals surface area contributed by atoms with Crippen LogP contribution in [0.4, 0.5) is 4.39 Å². The van der Waals surface area contributed by atoms with E-state index in [1.54, 1.807) is 18.2 Å². The van der Waals surface area contributed by atoms with Crippen molar-refractivity contribution in [3.63, 3.8) is 0 Å². The van der Waals surface area contributed by atoms with Crippen molar-refractivity contribution in [1.29, 1.82) is 0 Å². The van der Waals surface area contributed by atoms with E-state index in [-0.39, 0.29) is 5.82 Å². The van der Waals surface area contributed by atoms with Gasteiger partial charge in [0.05, 0.1) is 17.0 Å². The maximum absolute atomic E-state index is 14.4. The van der Waals surface area contributed by atoms with Crippen LogP contribution in [0.15, 0.2) is 70.3 Å². The third-order valence-corrected chi connectivity index (χ3v) is 5.31. The molecule has 0 bridgehead atoms. The number of nitrogens with zero attached hydrogens (tertiary/aromatic N) is 4. The van der Waals surface area contributed by atoms with Gasteiger partial charge < -0.3 is 9.09 Å². The van der Waals surface area contributed by atoms with E-state index in [0.29, 0.717) is 23.7 Å². The Hall–Kier alpha value is -2.93. The van der Waals surface area contributed by atoms with Crippen molar-refractivity contribution in [1.82, 2.24) is 19.9 Å². The predicted octanol–water partition coefficient (Wildman–Crippen LogP) is 4.92. The Morgan fingerprint density at radius 1 is 1.04 bits per heavy atom. The molecule has 2 aromatic carbocycles. The third kappa shape index (κ3) is 4.14. The van der Waals surface area contributed by atoms with Crippen LogP contribution < -0.4 is 0 Å². The fourth-order valence-corrected chi connectivity index (χ4v) is 3.78. The normalized spacial score (nSPS) is 11.1. The lowest BCUT2D eigenvalue weighted by atomic mass is 10.1. The molecule has 2 aromatic heterocycles. The molecule has 0 aliphatic rings. The van der Waals surface area contributed by atoms with Crippen molar-refractivity contribution in [3.8, 4) is 11.4 Å². The second kappa shape index (κ2) is 8.39. The molecule has 0 aliphatic carbocycles. The summed E-state index contributed by atoms with van der Waals surface area (Å²) in [6, 6.07) is 18.7. The van der Waals surface area contributed by atoms with Crippen LogP contribution in [-0.4, -0.2) is 19.9 Å². The lowest BCUT2D eigenvalue weighted by molar-refractivity contribution is 0.391. The van der Waals surface area contributed by atoms with Crippen LogP contribution in [0, 0.1) is 12.7 Å². The molecule has 0 amide bonds. The van der Waals surface area contributed by atoms with Crippen molar-refractivity contribution in [3.05, 3.63) is 83.5 Å². The monoisotopic (exact) mass is 394 g/mol. The first-order chi connectivity index (χ1) is 13.7. The molecule has 0 aliphatic heterocycles. The van der Waals surface area contributed by atoms with E-state index in [0.717, 1.165) is 23.0 Å². The summed E-state index contributed by atoms with van der Waals surface area (Å²) in [6.45, 7) is 2.54. The van der Waals surface area contributed by atoms with Crippen LogP contribution >= 0.6 is 11.8 Å². The second-order valence-corrected chi connectivity index (χ2v) is 7.34. The average molecular weight is 394 g/mol. The van der Waals surface area contributed by atoms with Gasteiger partial charge in [0.1, 0.15) is 11.6 Å². The van der Waals surface area contributed by atoms with Gasteiger partial charge in [-0.15, -0.1) is 10.2 Å². The molecule has 4 aromatic rings. The number of thioether (sulfide) groups is 1. The maximum Gasteiger partial charge on any atom is 0.191 e. The quantitative estimate of drug-likeness (QED) is 0.417. The molecule has 2 heterocycles. The lowest BCUT2D eigenvalue weighted by Crippen LogP contribution is -2.06. The van der Waals surface area contributed by atoms with Gasteiger partial charge >= 0.3 is 0 Å². The van der Waals surface area contributed by atoms with Crippen molar-refractivity contribution >= 4 is 11.8 Å². The van der Waals surface area contributed by atoms with Gasteiger partial charge in [0.15, 0.2) is 11.0 Å². The molecule has 0 saturated heterocycles. The van der Waals surface area contributed by atoms with E-state index in [1.165, 1.54) is 23.4 Å². The van der Waals surface area contributed by atoms with Crippen LogP contribution in [-0.2, 0) is 18.7 Å². The molecule has 0 saturated carbocycles. The van der Waals surface area contributed by atoms with Crippen LogP contribution in [0.3, 0.4) is 0 Å². The molecule has 0 radical (unpaired) electrons. The van der Waals surface area contributed by atoms with Crippen LogP contribution in [0.25, 0.3) is 11.4 Å². The Morgan fingerprint density at radius 2 is 1.82 bits per heavy atom. The van der Waals surface area contributed by atoms with Gasteiger partial charge in [-0.1, -0.05) is 59.4 Å². The first-order valence-corrected chi connectivity index (χ1v) is 9.96. The number of aryl methyl sites for hydroxylation is 2. The Labute approximate surface area is 166 Å². The number of rotatable bonds is 7. The maximum atomic E-state index is 14.4. The van der Waals surface area contributed by atoms with Crippen molar-refractivity contribution in [2.24, 2.45) is 0 Å². The van der Waals surface area contributed by atoms with Gasteiger partial charge in [0.2, 0.25) is 0 Å². The lowest BCUT2D eigenvalue weighted by Gasteiger charge is -2.10. The second-order valence-electron chi connectivity index (χ2n) is 6.40. The Kier molecular flexibility index (Phi) is 5.53. The van der Waals surface area contributed by atoms with E-state index in [2.05, 4.69) is 27.5 Å². The van der Waals surface area contributed by atoms with Crippen LogP contribution in [0.5, 0.6) is 0 Å². The highest BCUT2D eigenvalue weighted by Gasteiger charge is 2.17. The summed E-state index contributed by atoms with van der Waals surface area (Å²) in [5.74, 6) is 1.58. The molecule has 0 atom stereocenters. The molecule has 0 spiro atoms. The summed E-state index contributed by atoms with van der Waals surface area (Å²) in [7, 11) is 0. The molecular formula is C21H19FN4OS. The minimum atomic E-state index is -0.307. The number of benzene rings is 2. The molecular weight excluding hydrogens is 375 g/mol. The topological polar surface area (TPSA) is 56.7 Å². The fraction of sp³-hybridized carbons (Fsp3) is 0.190. The van der Waals surface area contributed by atoms with Gasteiger partial charge in [0.25, 0.3) is 0 Å². The Morgan fingerprint density at radius 3 is 2.57 bits per heavy atom. The van der Waals surface area contributed by atoms with Gasteiger partial charge in [-0.2, -0.15) is 0 Å². The Balaban J connectivity index is 1.62. The molecule has 142 valence electrons. The molecule has 0 N–H and O–H groups in total. The summed E-state index contributed by atoms with van der Waals surface area (Å²) >= 11 is 1.50. The van der Waals surface area contributed by atoms with E-state index in [1.807, 2.05) is 35.8 Å². The van der Waals surface area contributed by atoms with Gasteiger partial charge in [-0.3, -0.25) is 0 Å². The highest BCUT2D eigenvalue weighted by Crippen LogP contribution is 2.28. The molecule has 0 unspecified atom stereocenters. The summed E-state index contributed by atoms with van der Waals surface area (Å²) in [5.41, 5.74) is 2.50. The number of hydrogen-bond acceptors (Lipinski definition) is 5. The van der Waals surface area contributed by atoms with Gasteiger partial charge in [0, 0.05) is 12.6 Å². The first kappa shape index (κ1) is 18.4. The van der Waals surface area contributed by atoms with Crippen molar-refractivity contribution in [2.45, 2.75) is 30.8 Å². The van der Waals surface area contributed by atoms with Crippen molar-refractivity contribution in [2.75, 3.05) is 0 Å². The number of hydrogen-bond donors (Lipinski definition) is 0. The zero-order valence-electron chi connectivity index (χ0n) is 15.4. The Bertz CT molecular complexity index is 1060. The van der Waals surface area contributed by atoms with E-state index >= 15 is 0 Å². The molecule has 4 rings (SSSR count). The highest BCUT2D eigenvalue weighted by atomic mass is 32.2. The molecule has 28 heavy (non-hydrogen) atoms. The molecule has 0 fully saturated rings. The van der Waals surface area contributed by atoms with Crippen LogP contribution in [0.1, 0.15) is 17.0 Å². The SMILES string of the molecule is Cc1cc(CSc2nnc(-c3ccccc3F)n2CCc2ccccc2)on1. The van der Waals surface area contributed by atoms with E-state index < -0.39 is 0 Å². The average Bonchev–Trinajstić information content (AvgIpc) is 3.31. The summed E-state index contributed by atoms with van der Waals surface area (Å²) in [4.78, 5) is 0. The number of aromatic nitrogens is 4. The minimum Gasteiger partial charge on any atom is -0.360 e. The van der Waals surface area contributed by atoms with Gasteiger partial charge in [-0.25, -0.2) is 4.39 Å². The summed E-state index contributed by atoms with van der Waals surface area (Å²) < 4.78 is 21.6. The number of halogens is 1. The predicted molar refractivity (Wildman–Crippen MR) is 106 cm³/mol. The third-order valence-electron chi connectivity index (χ3n) is 4.32. The fourth-order valence-electron chi connectivity index (χ4n) is 2.94. The largest absolute Gasteiger partial charge is 0.360 e. The smallest absolute Gasteiger partial charge is 0.191 e. The minimum absolute atomic E-state index is 0.307. The van der Waals surface area contributed by atoms with Crippen LogP contribution in [0.2, 0.25) is 0 Å². The van der Waals surface area contributed by atoms with E-state index in [9.17, 15) is 4.39 Å². The zero-order valence-corrected chi connectivity index (χ0v) is 16.2. The summed E-state index contributed by atoms with van der Waals surface area (Å²) in [6.07, 6.45) is 0.801. The first-order valence-electron chi connectivity index (χ1n) is 8.98. The summed E-state index contributed by atoms with van der Waals surface area (Å²) in [5, 5.41) is 13.2. The van der Waals surface area contributed by atoms with Crippen molar-refractivity contribution < 1.29 is 8.91 Å². The zero-order chi connectivity index (χ0) is 19.3. The standard InChI is InChI=1S/C21H19FN4OS/c1-15-13-17(27-25-15)14-28-21-24-23-20(18-9-5-6-10-19(18)22)26(21)12-11-16-7-3-2-4-8-16/h2-10,13H,11-12,14H2,1H3. The molecule has 7 heteroatoms. The highest BCUT2D eigenvalue weighted by molar-refractivity contribution is 7.98. The van der Waals surface area contributed by atoms with Gasteiger partial charge in [-0.05, 0) is 31.0 Å². The molecule has 5 nitrogen and oxygen atoms in total.